The average molecular weight is 327 g/mol. The summed E-state index contributed by atoms with van der Waals surface area (Å²) in [7, 11) is 3.01. The maximum Gasteiger partial charge on any atom is 0.335 e. The van der Waals surface area contributed by atoms with E-state index in [1.165, 1.54) is 44.6 Å². The largest absolute Gasteiger partial charge is 0.496 e. The van der Waals surface area contributed by atoms with E-state index >= 15 is 0 Å². The maximum atomic E-state index is 12.2. The molecule has 0 aromatic heterocycles. The Kier molecular flexibility index (Phi) is 5.21. The van der Waals surface area contributed by atoms with Gasteiger partial charge in [-0.05, 0) is 30.4 Å². The number of nitrogen functional groups attached to an aromatic ring is 1. The van der Waals surface area contributed by atoms with Gasteiger partial charge in [0.2, 0.25) is 0 Å². The lowest BCUT2D eigenvalue weighted by atomic mass is 10.1. The van der Waals surface area contributed by atoms with E-state index in [1.54, 1.807) is 18.2 Å². The van der Waals surface area contributed by atoms with Crippen LogP contribution in [0.1, 0.15) is 26.3 Å². The summed E-state index contributed by atoms with van der Waals surface area (Å²) in [6.45, 7) is 0. The van der Waals surface area contributed by atoms with E-state index in [-0.39, 0.29) is 11.3 Å². The van der Waals surface area contributed by atoms with E-state index in [4.69, 9.17) is 20.3 Å². The van der Waals surface area contributed by atoms with Crippen LogP contribution in [0.3, 0.4) is 0 Å². The number of ketones is 1. The standard InChI is InChI=1S/C18H17NO5/c1-23-16-10-17(24-2)14(19)9-13(16)7-8-15(20)11-3-5-12(6-4-11)18(21)22/h3-10H,19H2,1-2H3,(H,21,22)/b8-7+. The van der Waals surface area contributed by atoms with Gasteiger partial charge in [0.05, 0.1) is 25.5 Å². The lowest BCUT2D eigenvalue weighted by Gasteiger charge is -2.10. The van der Waals surface area contributed by atoms with Crippen LogP contribution in [-0.2, 0) is 0 Å². The molecule has 0 unspecified atom stereocenters. The Balaban J connectivity index is 2.25. The van der Waals surface area contributed by atoms with E-state index in [0.29, 0.717) is 28.3 Å². The molecule has 0 aliphatic heterocycles. The van der Waals surface area contributed by atoms with Crippen molar-refractivity contribution in [2.45, 2.75) is 0 Å². The van der Waals surface area contributed by atoms with Crippen molar-refractivity contribution < 1.29 is 24.2 Å². The molecule has 2 aromatic rings. The summed E-state index contributed by atoms with van der Waals surface area (Å²) in [5.74, 6) is -0.294. The highest BCUT2D eigenvalue weighted by Gasteiger charge is 2.09. The molecule has 0 fully saturated rings. The summed E-state index contributed by atoms with van der Waals surface area (Å²) < 4.78 is 10.4. The normalized spacial score (nSPS) is 10.6. The first-order valence-corrected chi connectivity index (χ1v) is 7.03. The predicted octanol–water partition coefficient (Wildman–Crippen LogP) is 2.88. The molecule has 2 rings (SSSR count). The highest BCUT2D eigenvalue weighted by Crippen LogP contribution is 2.31. The van der Waals surface area contributed by atoms with Crippen LogP contribution in [0.5, 0.6) is 11.5 Å². The molecule has 0 bridgehead atoms. The number of hydrogen-bond acceptors (Lipinski definition) is 5. The molecule has 2 aromatic carbocycles. The summed E-state index contributed by atoms with van der Waals surface area (Å²) >= 11 is 0. The number of ether oxygens (including phenoxy) is 2. The van der Waals surface area contributed by atoms with Crippen LogP contribution in [-0.4, -0.2) is 31.1 Å². The van der Waals surface area contributed by atoms with Crippen LogP contribution in [0.15, 0.2) is 42.5 Å². The molecule has 0 heterocycles. The first kappa shape index (κ1) is 17.1. The van der Waals surface area contributed by atoms with Crippen molar-refractivity contribution in [3.63, 3.8) is 0 Å². The summed E-state index contributed by atoms with van der Waals surface area (Å²) in [5, 5.41) is 8.86. The molecule has 0 spiro atoms. The fourth-order valence-electron chi connectivity index (χ4n) is 2.12. The monoisotopic (exact) mass is 327 g/mol. The Morgan fingerprint density at radius 2 is 1.58 bits per heavy atom. The van der Waals surface area contributed by atoms with Gasteiger partial charge in [0.25, 0.3) is 0 Å². The first-order chi connectivity index (χ1) is 11.5. The summed E-state index contributed by atoms with van der Waals surface area (Å²) in [5.41, 5.74) is 7.43. The van der Waals surface area contributed by atoms with Crippen molar-refractivity contribution >= 4 is 23.5 Å². The number of aromatic carboxylic acids is 1. The number of carbonyl (C=O) groups is 2. The summed E-state index contributed by atoms with van der Waals surface area (Å²) in [6, 6.07) is 8.99. The second-order valence-corrected chi connectivity index (χ2v) is 4.92. The minimum atomic E-state index is -1.04. The molecule has 0 saturated heterocycles. The van der Waals surface area contributed by atoms with Crippen LogP contribution in [0.4, 0.5) is 5.69 Å². The van der Waals surface area contributed by atoms with Gasteiger partial charge in [0.1, 0.15) is 11.5 Å². The van der Waals surface area contributed by atoms with E-state index in [2.05, 4.69) is 0 Å². The number of nitrogens with two attached hydrogens (primary N) is 1. The van der Waals surface area contributed by atoms with Gasteiger partial charge in [-0.15, -0.1) is 0 Å². The number of hydrogen-bond donors (Lipinski definition) is 2. The minimum absolute atomic E-state index is 0.125. The van der Waals surface area contributed by atoms with Gasteiger partial charge in [-0.1, -0.05) is 12.1 Å². The molecule has 6 nitrogen and oxygen atoms in total. The van der Waals surface area contributed by atoms with Crippen LogP contribution in [0, 0.1) is 0 Å². The molecule has 0 saturated carbocycles. The lowest BCUT2D eigenvalue weighted by Crippen LogP contribution is -1.99. The van der Waals surface area contributed by atoms with Gasteiger partial charge in [-0.2, -0.15) is 0 Å². The molecule has 0 aliphatic rings. The Hall–Kier alpha value is -3.28. The Bertz CT molecular complexity index is 794. The van der Waals surface area contributed by atoms with Crippen molar-refractivity contribution in [1.82, 2.24) is 0 Å². The Morgan fingerprint density at radius 1 is 1.00 bits per heavy atom. The fourth-order valence-corrected chi connectivity index (χ4v) is 2.12. The predicted molar refractivity (Wildman–Crippen MR) is 90.7 cm³/mol. The molecular formula is C18H17NO5. The quantitative estimate of drug-likeness (QED) is 0.481. The highest BCUT2D eigenvalue weighted by atomic mass is 16.5. The maximum absolute atomic E-state index is 12.2. The number of rotatable bonds is 6. The van der Waals surface area contributed by atoms with Crippen LogP contribution < -0.4 is 15.2 Å². The minimum Gasteiger partial charge on any atom is -0.496 e. The number of anilines is 1. The summed E-state index contributed by atoms with van der Waals surface area (Å²) in [6.07, 6.45) is 2.96. The molecule has 0 radical (unpaired) electrons. The van der Waals surface area contributed by atoms with Crippen molar-refractivity contribution in [1.29, 1.82) is 0 Å². The third-order valence-corrected chi connectivity index (χ3v) is 3.41. The fraction of sp³-hybridized carbons (Fsp3) is 0.111. The smallest absolute Gasteiger partial charge is 0.335 e. The molecule has 0 aliphatic carbocycles. The summed E-state index contributed by atoms with van der Waals surface area (Å²) in [4.78, 5) is 23.0. The van der Waals surface area contributed by atoms with Gasteiger partial charge in [-0.3, -0.25) is 4.79 Å². The first-order valence-electron chi connectivity index (χ1n) is 7.03. The zero-order valence-electron chi connectivity index (χ0n) is 13.3. The van der Waals surface area contributed by atoms with Crippen LogP contribution in [0.25, 0.3) is 6.08 Å². The second-order valence-electron chi connectivity index (χ2n) is 4.92. The van der Waals surface area contributed by atoms with Gasteiger partial charge in [-0.25, -0.2) is 4.79 Å². The molecular weight excluding hydrogens is 310 g/mol. The second kappa shape index (κ2) is 7.32. The molecule has 6 heteroatoms. The number of methoxy groups -OCH3 is 2. The molecule has 0 atom stereocenters. The number of carboxylic acids is 1. The van der Waals surface area contributed by atoms with Crippen molar-refractivity contribution in [3.8, 4) is 11.5 Å². The van der Waals surface area contributed by atoms with Crippen molar-refractivity contribution in [2.24, 2.45) is 0 Å². The molecule has 0 amide bonds. The number of carboxylic acid groups (broad SMARTS) is 1. The van der Waals surface area contributed by atoms with E-state index in [1.807, 2.05) is 0 Å². The SMILES string of the molecule is COc1cc(OC)c(/C=C/C(=O)c2ccc(C(=O)O)cc2)cc1N. The Morgan fingerprint density at radius 3 is 2.12 bits per heavy atom. The van der Waals surface area contributed by atoms with Crippen LogP contribution >= 0.6 is 0 Å². The highest BCUT2D eigenvalue weighted by molar-refractivity contribution is 6.07. The van der Waals surface area contributed by atoms with E-state index < -0.39 is 5.97 Å². The number of allylic oxidation sites excluding steroid dienone is 1. The van der Waals surface area contributed by atoms with Gasteiger partial charge in [0, 0.05) is 17.2 Å². The number of carbonyl (C=O) groups excluding carboxylic acids is 1. The van der Waals surface area contributed by atoms with Crippen molar-refractivity contribution in [3.05, 3.63) is 59.2 Å². The Labute approximate surface area is 139 Å². The average Bonchev–Trinajstić information content (AvgIpc) is 2.59. The lowest BCUT2D eigenvalue weighted by molar-refractivity contribution is 0.0696. The number of benzene rings is 2. The zero-order valence-corrected chi connectivity index (χ0v) is 13.3. The third-order valence-electron chi connectivity index (χ3n) is 3.41. The molecule has 3 N–H and O–H groups in total. The molecule has 24 heavy (non-hydrogen) atoms. The van der Waals surface area contributed by atoms with Gasteiger partial charge < -0.3 is 20.3 Å². The van der Waals surface area contributed by atoms with Crippen molar-refractivity contribution in [2.75, 3.05) is 20.0 Å². The van der Waals surface area contributed by atoms with Gasteiger partial charge in [0.15, 0.2) is 5.78 Å². The van der Waals surface area contributed by atoms with Crippen LogP contribution in [0.2, 0.25) is 0 Å². The van der Waals surface area contributed by atoms with E-state index in [9.17, 15) is 9.59 Å². The van der Waals surface area contributed by atoms with Gasteiger partial charge >= 0.3 is 5.97 Å². The third kappa shape index (κ3) is 3.73. The topological polar surface area (TPSA) is 98.8 Å². The van der Waals surface area contributed by atoms with E-state index in [0.717, 1.165) is 0 Å². The zero-order chi connectivity index (χ0) is 17.7. The molecule has 124 valence electrons.